The van der Waals surface area contributed by atoms with Crippen LogP contribution in [0.3, 0.4) is 0 Å². The van der Waals surface area contributed by atoms with Gasteiger partial charge in [0.1, 0.15) is 11.5 Å². The van der Waals surface area contributed by atoms with Crippen molar-refractivity contribution in [2.24, 2.45) is 0 Å². The summed E-state index contributed by atoms with van der Waals surface area (Å²) >= 11 is 0. The van der Waals surface area contributed by atoms with Gasteiger partial charge in [-0.15, -0.1) is 0 Å². The van der Waals surface area contributed by atoms with Crippen molar-refractivity contribution < 1.29 is 4.79 Å². The highest BCUT2D eigenvalue weighted by Gasteiger charge is 2.18. The third kappa shape index (κ3) is 1.60. The molecule has 0 bridgehead atoms. The molecule has 0 saturated heterocycles. The number of nitrogens with zero attached hydrogens (tertiary/aromatic N) is 2. The first-order valence-corrected chi connectivity index (χ1v) is 5.22. The number of carbonyl (C=O) groups is 1. The van der Waals surface area contributed by atoms with Gasteiger partial charge in [-0.2, -0.15) is 0 Å². The van der Waals surface area contributed by atoms with Gasteiger partial charge in [-0.05, 0) is 19.8 Å². The Hall–Kier alpha value is -1.45. The van der Waals surface area contributed by atoms with Crippen molar-refractivity contribution >= 4 is 5.78 Å². The number of hydrogen-bond acceptors (Lipinski definition) is 3. The molecule has 4 nitrogen and oxygen atoms in total. The molecule has 2 heterocycles. The smallest absolute Gasteiger partial charge is 0.257 e. The molecule has 0 N–H and O–H groups in total. The van der Waals surface area contributed by atoms with E-state index in [9.17, 15) is 9.59 Å². The standard InChI is InChI=1S/C11H14N2O2/c1-7-10(8(2)14)12-9-5-3-4-6-13(9)11(7)15/h3-6H2,1-2H3. The Morgan fingerprint density at radius 3 is 2.80 bits per heavy atom. The molecule has 80 valence electrons. The van der Waals surface area contributed by atoms with Crippen LogP contribution in [-0.2, 0) is 13.0 Å². The number of fused-ring (bicyclic) bond motifs is 1. The molecule has 15 heavy (non-hydrogen) atoms. The van der Waals surface area contributed by atoms with E-state index in [1.807, 2.05) is 0 Å². The average molecular weight is 206 g/mol. The van der Waals surface area contributed by atoms with Gasteiger partial charge in [-0.25, -0.2) is 4.98 Å². The zero-order valence-corrected chi connectivity index (χ0v) is 9.04. The molecule has 1 aromatic rings. The highest BCUT2D eigenvalue weighted by Crippen LogP contribution is 2.12. The number of carbonyl (C=O) groups excluding carboxylic acids is 1. The van der Waals surface area contributed by atoms with Crippen molar-refractivity contribution in [2.75, 3.05) is 0 Å². The Bertz CT molecular complexity index is 474. The average Bonchev–Trinajstić information content (AvgIpc) is 2.23. The Morgan fingerprint density at radius 2 is 2.13 bits per heavy atom. The van der Waals surface area contributed by atoms with Gasteiger partial charge in [0, 0.05) is 25.5 Å². The number of aryl methyl sites for hydroxylation is 1. The molecule has 1 aliphatic rings. The molecule has 4 heteroatoms. The molecule has 0 amide bonds. The summed E-state index contributed by atoms with van der Waals surface area (Å²) in [5.41, 5.74) is 0.770. The molecule has 1 aromatic heterocycles. The highest BCUT2D eigenvalue weighted by atomic mass is 16.1. The van der Waals surface area contributed by atoms with E-state index < -0.39 is 0 Å². The maximum Gasteiger partial charge on any atom is 0.257 e. The first-order chi connectivity index (χ1) is 7.11. The Morgan fingerprint density at radius 1 is 1.40 bits per heavy atom. The summed E-state index contributed by atoms with van der Waals surface area (Å²) in [5, 5.41) is 0. The van der Waals surface area contributed by atoms with Gasteiger partial charge >= 0.3 is 0 Å². The van der Waals surface area contributed by atoms with Crippen LogP contribution < -0.4 is 5.56 Å². The predicted molar refractivity (Wildman–Crippen MR) is 56.2 cm³/mol. The van der Waals surface area contributed by atoms with Crippen LogP contribution in [0.1, 0.15) is 41.6 Å². The van der Waals surface area contributed by atoms with E-state index in [-0.39, 0.29) is 11.3 Å². The normalized spacial score (nSPS) is 14.8. The monoisotopic (exact) mass is 206 g/mol. The van der Waals surface area contributed by atoms with Crippen LogP contribution in [0, 0.1) is 6.92 Å². The molecule has 0 radical (unpaired) electrons. The van der Waals surface area contributed by atoms with Crippen molar-refractivity contribution in [1.29, 1.82) is 0 Å². The van der Waals surface area contributed by atoms with Crippen molar-refractivity contribution in [3.63, 3.8) is 0 Å². The Balaban J connectivity index is 2.68. The van der Waals surface area contributed by atoms with Crippen LogP contribution in [0.5, 0.6) is 0 Å². The second-order valence-corrected chi connectivity index (χ2v) is 3.97. The lowest BCUT2D eigenvalue weighted by Crippen LogP contribution is -2.32. The third-order valence-electron chi connectivity index (χ3n) is 2.84. The number of aromatic nitrogens is 2. The molecule has 0 aromatic carbocycles. The minimum absolute atomic E-state index is 0.0510. The summed E-state index contributed by atoms with van der Waals surface area (Å²) in [5.74, 6) is 0.639. The fraction of sp³-hybridized carbons (Fsp3) is 0.545. The van der Waals surface area contributed by atoms with E-state index >= 15 is 0 Å². The summed E-state index contributed by atoms with van der Waals surface area (Å²) in [6.45, 7) is 3.86. The van der Waals surface area contributed by atoms with Gasteiger partial charge < -0.3 is 0 Å². The molecule has 0 saturated carbocycles. The van der Waals surface area contributed by atoms with E-state index in [1.165, 1.54) is 6.92 Å². The number of ketones is 1. The molecular weight excluding hydrogens is 192 g/mol. The van der Waals surface area contributed by atoms with Gasteiger partial charge in [-0.1, -0.05) is 0 Å². The molecule has 0 unspecified atom stereocenters. The quantitative estimate of drug-likeness (QED) is 0.646. The molecule has 0 aliphatic carbocycles. The second-order valence-electron chi connectivity index (χ2n) is 3.97. The molecule has 2 rings (SSSR count). The fourth-order valence-electron chi connectivity index (χ4n) is 2.01. The van der Waals surface area contributed by atoms with Crippen molar-refractivity contribution in [3.05, 3.63) is 27.4 Å². The molecule has 0 atom stereocenters. The van der Waals surface area contributed by atoms with Crippen molar-refractivity contribution in [3.8, 4) is 0 Å². The molecule has 1 aliphatic heterocycles. The molecular formula is C11H14N2O2. The zero-order valence-electron chi connectivity index (χ0n) is 9.04. The fourth-order valence-corrected chi connectivity index (χ4v) is 2.01. The molecule has 0 fully saturated rings. The van der Waals surface area contributed by atoms with Gasteiger partial charge in [0.25, 0.3) is 5.56 Å². The van der Waals surface area contributed by atoms with Gasteiger partial charge in [0.15, 0.2) is 5.78 Å². The van der Waals surface area contributed by atoms with E-state index in [2.05, 4.69) is 4.98 Å². The first kappa shape index (κ1) is 10.1. The van der Waals surface area contributed by atoms with Crippen LogP contribution in [0.15, 0.2) is 4.79 Å². The van der Waals surface area contributed by atoms with Crippen LogP contribution >= 0.6 is 0 Å². The maximum atomic E-state index is 11.9. The van der Waals surface area contributed by atoms with Crippen LogP contribution in [-0.4, -0.2) is 15.3 Å². The van der Waals surface area contributed by atoms with Crippen LogP contribution in [0.4, 0.5) is 0 Å². The van der Waals surface area contributed by atoms with E-state index in [0.717, 1.165) is 31.6 Å². The number of Topliss-reactive ketones (excluding diaryl/α,β-unsaturated/α-hetero) is 1. The SMILES string of the molecule is CC(=O)c1nc2n(c(=O)c1C)CCCC2. The van der Waals surface area contributed by atoms with E-state index in [4.69, 9.17) is 0 Å². The zero-order chi connectivity index (χ0) is 11.0. The first-order valence-electron chi connectivity index (χ1n) is 5.22. The van der Waals surface area contributed by atoms with Crippen LogP contribution in [0.25, 0.3) is 0 Å². The number of rotatable bonds is 1. The summed E-state index contributed by atoms with van der Waals surface area (Å²) < 4.78 is 1.70. The topological polar surface area (TPSA) is 52.0 Å². The lowest BCUT2D eigenvalue weighted by molar-refractivity contribution is 0.101. The largest absolute Gasteiger partial charge is 0.296 e. The summed E-state index contributed by atoms with van der Waals surface area (Å²) in [7, 11) is 0. The predicted octanol–water partition coefficient (Wildman–Crippen LogP) is 1.09. The minimum atomic E-state index is -0.126. The van der Waals surface area contributed by atoms with Gasteiger partial charge in [0.2, 0.25) is 0 Å². The highest BCUT2D eigenvalue weighted by molar-refractivity contribution is 5.93. The lowest BCUT2D eigenvalue weighted by Gasteiger charge is -2.18. The van der Waals surface area contributed by atoms with Crippen molar-refractivity contribution in [1.82, 2.24) is 9.55 Å². The van der Waals surface area contributed by atoms with Gasteiger partial charge in [0.05, 0.1) is 0 Å². The summed E-state index contributed by atoms with van der Waals surface area (Å²) in [6, 6.07) is 0. The Kier molecular flexibility index (Phi) is 2.42. The Labute approximate surface area is 88.0 Å². The van der Waals surface area contributed by atoms with E-state index in [0.29, 0.717) is 11.3 Å². The summed E-state index contributed by atoms with van der Waals surface area (Å²) in [4.78, 5) is 27.5. The maximum absolute atomic E-state index is 11.9. The second kappa shape index (κ2) is 3.61. The van der Waals surface area contributed by atoms with Gasteiger partial charge in [-0.3, -0.25) is 14.2 Å². The number of hydrogen-bond donors (Lipinski definition) is 0. The van der Waals surface area contributed by atoms with Crippen molar-refractivity contribution in [2.45, 2.75) is 39.7 Å². The van der Waals surface area contributed by atoms with E-state index in [1.54, 1.807) is 11.5 Å². The minimum Gasteiger partial charge on any atom is -0.296 e. The molecule has 0 spiro atoms. The third-order valence-corrected chi connectivity index (χ3v) is 2.84. The van der Waals surface area contributed by atoms with Crippen LogP contribution in [0.2, 0.25) is 0 Å². The lowest BCUT2D eigenvalue weighted by atomic mass is 10.1. The summed E-state index contributed by atoms with van der Waals surface area (Å²) in [6.07, 6.45) is 2.87.